The largest absolute Gasteiger partial charge is 0.465 e. The summed E-state index contributed by atoms with van der Waals surface area (Å²) in [6.45, 7) is 0. The average molecular weight is 429 g/mol. The molecular formula is C22H23NO8. The number of nitrogens with zero attached hydrogens (tertiary/aromatic N) is 1. The molecule has 0 atom stereocenters. The van der Waals surface area contributed by atoms with Gasteiger partial charge >= 0.3 is 23.9 Å². The Labute approximate surface area is 179 Å². The molecule has 0 aromatic heterocycles. The lowest BCUT2D eigenvalue weighted by Gasteiger charge is -2.12. The minimum Gasteiger partial charge on any atom is -0.465 e. The first-order valence-corrected chi connectivity index (χ1v) is 9.03. The van der Waals surface area contributed by atoms with E-state index in [2.05, 4.69) is 0 Å². The molecule has 0 aliphatic heterocycles. The summed E-state index contributed by atoms with van der Waals surface area (Å²) in [7, 11) is 8.15. The predicted molar refractivity (Wildman–Crippen MR) is 111 cm³/mol. The van der Waals surface area contributed by atoms with Gasteiger partial charge in [0.25, 0.3) is 0 Å². The summed E-state index contributed by atoms with van der Waals surface area (Å²) in [4.78, 5) is 52.2. The molecule has 2 rings (SSSR count). The molecule has 1 aliphatic carbocycles. The van der Waals surface area contributed by atoms with Gasteiger partial charge in [-0.2, -0.15) is 0 Å². The van der Waals surface area contributed by atoms with Gasteiger partial charge in [0.15, 0.2) is 0 Å². The summed E-state index contributed by atoms with van der Waals surface area (Å²) >= 11 is 0. The van der Waals surface area contributed by atoms with Crippen molar-refractivity contribution in [2.45, 2.75) is 0 Å². The normalized spacial score (nSPS) is 13.0. The zero-order valence-corrected chi connectivity index (χ0v) is 18.1. The van der Waals surface area contributed by atoms with Gasteiger partial charge in [-0.3, -0.25) is 0 Å². The maximum atomic E-state index is 12.6. The molecule has 1 aromatic carbocycles. The molecule has 0 heterocycles. The lowest BCUT2D eigenvalue weighted by atomic mass is 9.98. The van der Waals surface area contributed by atoms with Crippen molar-refractivity contribution in [2.24, 2.45) is 0 Å². The van der Waals surface area contributed by atoms with Crippen LogP contribution in [0.25, 0.3) is 6.08 Å². The first kappa shape index (κ1) is 23.4. The summed E-state index contributed by atoms with van der Waals surface area (Å²) in [5.41, 5.74) is 0.0385. The Morgan fingerprint density at radius 2 is 1.00 bits per heavy atom. The molecule has 0 bridgehead atoms. The number of hydrogen-bond donors (Lipinski definition) is 0. The number of esters is 4. The molecular weight excluding hydrogens is 406 g/mol. The quantitative estimate of drug-likeness (QED) is 0.490. The molecule has 0 fully saturated rings. The Bertz CT molecular complexity index is 958. The first-order chi connectivity index (χ1) is 14.7. The van der Waals surface area contributed by atoms with Crippen molar-refractivity contribution in [2.75, 3.05) is 47.4 Å². The van der Waals surface area contributed by atoms with Crippen LogP contribution in [0.5, 0.6) is 0 Å². The van der Waals surface area contributed by atoms with Gasteiger partial charge in [0, 0.05) is 25.4 Å². The highest BCUT2D eigenvalue weighted by Gasteiger charge is 2.44. The summed E-state index contributed by atoms with van der Waals surface area (Å²) in [6.07, 6.45) is 1.48. The minimum absolute atomic E-state index is 0.0166. The summed E-state index contributed by atoms with van der Waals surface area (Å²) in [5.74, 6) is -3.88. The molecule has 0 N–H and O–H groups in total. The molecule has 0 saturated heterocycles. The Hall–Kier alpha value is -3.88. The molecule has 1 aliphatic rings. The van der Waals surface area contributed by atoms with Crippen molar-refractivity contribution in [3.63, 3.8) is 0 Å². The Balaban J connectivity index is 2.89. The molecule has 31 heavy (non-hydrogen) atoms. The maximum Gasteiger partial charge on any atom is 0.339 e. The van der Waals surface area contributed by atoms with Gasteiger partial charge in [-0.1, -0.05) is 12.1 Å². The number of rotatable bonds is 6. The van der Waals surface area contributed by atoms with Gasteiger partial charge in [-0.15, -0.1) is 0 Å². The van der Waals surface area contributed by atoms with Crippen LogP contribution in [0.1, 0.15) is 5.56 Å². The van der Waals surface area contributed by atoms with E-state index in [1.54, 1.807) is 12.1 Å². The van der Waals surface area contributed by atoms with Crippen molar-refractivity contribution < 1.29 is 38.1 Å². The zero-order chi connectivity index (χ0) is 23.3. The standard InChI is InChI=1S/C22H23NO8/c1-23(2)13-9-7-12(8-10-13)11-14-15(19(24)28-3)17(21(26)30-5)18(22(27)31-6)16(14)20(25)29-4/h7-11H,1-6H3. The van der Waals surface area contributed by atoms with E-state index in [9.17, 15) is 19.2 Å². The van der Waals surface area contributed by atoms with E-state index in [0.29, 0.717) is 5.56 Å². The van der Waals surface area contributed by atoms with Crippen LogP contribution < -0.4 is 4.90 Å². The molecule has 164 valence electrons. The fourth-order valence-corrected chi connectivity index (χ4v) is 3.06. The molecule has 9 heteroatoms. The number of ether oxygens (including phenoxy) is 4. The summed E-state index contributed by atoms with van der Waals surface area (Å²) < 4.78 is 19.1. The van der Waals surface area contributed by atoms with Crippen LogP contribution in [0.2, 0.25) is 0 Å². The number of hydrogen-bond acceptors (Lipinski definition) is 9. The monoisotopic (exact) mass is 429 g/mol. The van der Waals surface area contributed by atoms with Gasteiger partial charge in [0.05, 0.1) is 50.7 Å². The van der Waals surface area contributed by atoms with Crippen molar-refractivity contribution in [1.29, 1.82) is 0 Å². The third-order valence-corrected chi connectivity index (χ3v) is 4.57. The van der Waals surface area contributed by atoms with Crippen LogP contribution in [-0.2, 0) is 38.1 Å². The third kappa shape index (κ3) is 4.50. The number of methoxy groups -OCH3 is 4. The second-order valence-corrected chi connectivity index (χ2v) is 6.51. The minimum atomic E-state index is -1.01. The highest BCUT2D eigenvalue weighted by atomic mass is 16.5. The molecule has 0 radical (unpaired) electrons. The fraction of sp³-hybridized carbons (Fsp3) is 0.273. The van der Waals surface area contributed by atoms with E-state index < -0.39 is 35.0 Å². The fourth-order valence-electron chi connectivity index (χ4n) is 3.06. The first-order valence-electron chi connectivity index (χ1n) is 9.03. The summed E-state index contributed by atoms with van der Waals surface area (Å²) in [5, 5.41) is 0. The second-order valence-electron chi connectivity index (χ2n) is 6.51. The van der Waals surface area contributed by atoms with Crippen LogP contribution in [0.15, 0.2) is 52.1 Å². The third-order valence-electron chi connectivity index (χ3n) is 4.57. The SMILES string of the molecule is COC(=O)C1=C(C(=O)OC)C(C(=O)OC)=C(C(=O)OC)C1=Cc1ccc(N(C)C)cc1. The van der Waals surface area contributed by atoms with Gasteiger partial charge < -0.3 is 23.8 Å². The number of benzene rings is 1. The average Bonchev–Trinajstić information content (AvgIpc) is 3.11. The molecule has 1 aromatic rings. The number of carbonyl (C=O) groups excluding carboxylic acids is 4. The van der Waals surface area contributed by atoms with Crippen molar-refractivity contribution in [3.8, 4) is 0 Å². The van der Waals surface area contributed by atoms with Crippen LogP contribution in [0.3, 0.4) is 0 Å². The lowest BCUT2D eigenvalue weighted by molar-refractivity contribution is -0.140. The highest BCUT2D eigenvalue weighted by molar-refractivity contribution is 6.23. The van der Waals surface area contributed by atoms with E-state index >= 15 is 0 Å². The van der Waals surface area contributed by atoms with Crippen molar-refractivity contribution >= 4 is 35.6 Å². The Morgan fingerprint density at radius 1 is 0.645 bits per heavy atom. The highest BCUT2D eigenvalue weighted by Crippen LogP contribution is 2.41. The van der Waals surface area contributed by atoms with E-state index in [0.717, 1.165) is 34.1 Å². The molecule has 0 spiro atoms. The van der Waals surface area contributed by atoms with Crippen LogP contribution in [-0.4, -0.2) is 66.4 Å². The van der Waals surface area contributed by atoms with Gasteiger partial charge in [-0.25, -0.2) is 19.2 Å². The molecule has 0 unspecified atom stereocenters. The Morgan fingerprint density at radius 3 is 1.32 bits per heavy atom. The predicted octanol–water partition coefficient (Wildman–Crippen LogP) is 1.43. The van der Waals surface area contributed by atoms with E-state index in [4.69, 9.17) is 18.9 Å². The van der Waals surface area contributed by atoms with E-state index in [-0.39, 0.29) is 16.7 Å². The van der Waals surface area contributed by atoms with Crippen LogP contribution in [0, 0.1) is 0 Å². The molecule has 9 nitrogen and oxygen atoms in total. The number of anilines is 1. The van der Waals surface area contributed by atoms with Gasteiger partial charge in [0.2, 0.25) is 0 Å². The van der Waals surface area contributed by atoms with E-state index in [1.165, 1.54) is 6.08 Å². The molecule has 0 saturated carbocycles. The van der Waals surface area contributed by atoms with Gasteiger partial charge in [0.1, 0.15) is 0 Å². The van der Waals surface area contributed by atoms with Crippen LogP contribution >= 0.6 is 0 Å². The zero-order valence-electron chi connectivity index (χ0n) is 18.1. The smallest absolute Gasteiger partial charge is 0.339 e. The Kier molecular flexibility index (Phi) is 7.36. The lowest BCUT2D eigenvalue weighted by Crippen LogP contribution is -2.18. The topological polar surface area (TPSA) is 108 Å². The van der Waals surface area contributed by atoms with Gasteiger partial charge in [-0.05, 0) is 23.8 Å². The van der Waals surface area contributed by atoms with Crippen molar-refractivity contribution in [1.82, 2.24) is 0 Å². The molecule has 0 amide bonds. The van der Waals surface area contributed by atoms with Crippen LogP contribution in [0.4, 0.5) is 5.69 Å². The van der Waals surface area contributed by atoms with Crippen molar-refractivity contribution in [3.05, 3.63) is 57.7 Å². The summed E-state index contributed by atoms with van der Waals surface area (Å²) in [6, 6.07) is 7.15. The number of carbonyl (C=O) groups is 4. The second kappa shape index (κ2) is 9.75. The van der Waals surface area contributed by atoms with E-state index in [1.807, 2.05) is 31.1 Å². The maximum absolute atomic E-state index is 12.6.